The van der Waals surface area contributed by atoms with Crippen LogP contribution in [0.4, 0.5) is 4.79 Å². The highest BCUT2D eigenvalue weighted by Crippen LogP contribution is 2.54. The molecule has 0 radical (unpaired) electrons. The lowest BCUT2D eigenvalue weighted by molar-refractivity contribution is -0.0000114. The van der Waals surface area contributed by atoms with Crippen LogP contribution in [0.25, 0.3) is 10.8 Å². The first-order valence-corrected chi connectivity index (χ1v) is 13.2. The molecule has 5 aromatic carbocycles. The lowest BCUT2D eigenvalue weighted by Gasteiger charge is -2.27. The van der Waals surface area contributed by atoms with E-state index in [0.29, 0.717) is 12.0 Å². The van der Waals surface area contributed by atoms with Gasteiger partial charge in [0.1, 0.15) is 35.2 Å². The summed E-state index contributed by atoms with van der Waals surface area (Å²) < 4.78 is 5.80. The number of ether oxygens (including phenoxy) is 1. The largest absolute Gasteiger partial charge is 1.00 e. The molecule has 35 heavy (non-hydrogen) atoms. The Hall–Kier alpha value is -3.21. The third-order valence-corrected chi connectivity index (χ3v) is 10.2. The average molecular weight is 589 g/mol. The SMILES string of the molecule is O=C(NC[P+](c1ccccc1)(c1ccccc1)c1ccccc1)Oc1cccc2ccccc12.[I-]. The van der Waals surface area contributed by atoms with Gasteiger partial charge in [0.2, 0.25) is 0 Å². The Morgan fingerprint density at radius 2 is 1.06 bits per heavy atom. The zero-order valence-corrected chi connectivity index (χ0v) is 22.1. The zero-order valence-electron chi connectivity index (χ0n) is 19.1. The van der Waals surface area contributed by atoms with Gasteiger partial charge in [-0.05, 0) is 47.9 Å². The first-order chi connectivity index (χ1) is 16.8. The molecule has 0 saturated carbocycles. The van der Waals surface area contributed by atoms with Gasteiger partial charge in [-0.25, -0.2) is 4.79 Å². The summed E-state index contributed by atoms with van der Waals surface area (Å²) >= 11 is 0. The lowest BCUT2D eigenvalue weighted by Crippen LogP contribution is -3.00. The van der Waals surface area contributed by atoms with Crippen molar-refractivity contribution >= 4 is 40.0 Å². The van der Waals surface area contributed by atoms with Crippen LogP contribution in [-0.2, 0) is 0 Å². The minimum atomic E-state index is -2.17. The molecule has 0 aliphatic heterocycles. The van der Waals surface area contributed by atoms with Gasteiger partial charge in [-0.3, -0.25) is 5.32 Å². The maximum Gasteiger partial charge on any atom is 0.415 e. The van der Waals surface area contributed by atoms with Gasteiger partial charge >= 0.3 is 6.09 Å². The summed E-state index contributed by atoms with van der Waals surface area (Å²) in [6.07, 6.45) is -0.00206. The van der Waals surface area contributed by atoms with Crippen molar-refractivity contribution in [3.63, 3.8) is 0 Å². The molecule has 1 amide bonds. The minimum absolute atomic E-state index is 0. The second-order valence-electron chi connectivity index (χ2n) is 8.02. The highest BCUT2D eigenvalue weighted by molar-refractivity contribution is 7.95. The summed E-state index contributed by atoms with van der Waals surface area (Å²) in [4.78, 5) is 13.1. The van der Waals surface area contributed by atoms with E-state index in [1.807, 2.05) is 60.7 Å². The number of nitrogens with one attached hydrogen (secondary N) is 1. The highest BCUT2D eigenvalue weighted by atomic mass is 127. The number of hydrogen-bond donors (Lipinski definition) is 1. The Morgan fingerprint density at radius 3 is 1.60 bits per heavy atom. The van der Waals surface area contributed by atoms with Crippen LogP contribution in [0, 0.1) is 0 Å². The topological polar surface area (TPSA) is 38.3 Å². The molecule has 0 heterocycles. The fraction of sp³-hybridized carbons (Fsp3) is 0.0333. The van der Waals surface area contributed by atoms with E-state index in [2.05, 4.69) is 78.1 Å². The number of carbonyl (C=O) groups excluding carboxylic acids is 1. The fourth-order valence-electron chi connectivity index (χ4n) is 4.37. The molecule has 0 fully saturated rings. The van der Waals surface area contributed by atoms with E-state index in [1.54, 1.807) is 0 Å². The Balaban J connectivity index is 0.00000289. The monoisotopic (exact) mass is 589 g/mol. The highest BCUT2D eigenvalue weighted by Gasteiger charge is 2.45. The van der Waals surface area contributed by atoms with E-state index < -0.39 is 13.4 Å². The number of hydrogen-bond acceptors (Lipinski definition) is 2. The standard InChI is InChI=1S/C30H24NO2P.HI/c32-30(33-29-22-12-14-24-13-10-11-21-28(24)29)31-23-34(25-15-4-1-5-16-25,26-17-6-2-7-18-26)27-19-8-3-9-20-27;/h1-22H,23H2;1H. The summed E-state index contributed by atoms with van der Waals surface area (Å²) in [6.45, 7) is 0. The second-order valence-corrected chi connectivity index (χ2v) is 11.5. The first kappa shape index (κ1) is 24.9. The van der Waals surface area contributed by atoms with Crippen molar-refractivity contribution in [2.45, 2.75) is 0 Å². The fourth-order valence-corrected chi connectivity index (χ4v) is 8.22. The van der Waals surface area contributed by atoms with Gasteiger partial charge in [0.15, 0.2) is 0 Å². The van der Waals surface area contributed by atoms with Gasteiger partial charge in [-0.1, -0.05) is 91.0 Å². The van der Waals surface area contributed by atoms with Crippen LogP contribution < -0.4 is 49.9 Å². The van der Waals surface area contributed by atoms with Crippen molar-refractivity contribution in [3.8, 4) is 5.75 Å². The molecule has 0 spiro atoms. The summed E-state index contributed by atoms with van der Waals surface area (Å²) in [5, 5.41) is 8.69. The van der Waals surface area contributed by atoms with E-state index in [0.717, 1.165) is 10.8 Å². The average Bonchev–Trinajstić information content (AvgIpc) is 2.91. The first-order valence-electron chi connectivity index (χ1n) is 11.3. The smallest absolute Gasteiger partial charge is 0.415 e. The summed E-state index contributed by atoms with van der Waals surface area (Å²) in [6, 6.07) is 45.0. The maximum atomic E-state index is 13.1. The summed E-state index contributed by atoms with van der Waals surface area (Å²) in [5.74, 6) is 0.554. The molecule has 1 N–H and O–H groups in total. The molecule has 5 aromatic rings. The molecular weight excluding hydrogens is 564 g/mol. The van der Waals surface area contributed by atoms with Crippen LogP contribution in [0.5, 0.6) is 5.75 Å². The van der Waals surface area contributed by atoms with Gasteiger partial charge in [-0.15, -0.1) is 0 Å². The Kier molecular flexibility index (Phi) is 8.17. The molecule has 0 unspecified atom stereocenters. The van der Waals surface area contributed by atoms with Crippen LogP contribution in [0.1, 0.15) is 0 Å². The van der Waals surface area contributed by atoms with Crippen LogP contribution in [0.2, 0.25) is 0 Å². The Bertz CT molecular complexity index is 1290. The van der Waals surface area contributed by atoms with Crippen molar-refractivity contribution in [3.05, 3.63) is 133 Å². The molecule has 0 aliphatic carbocycles. The number of carbonyl (C=O) groups is 1. The van der Waals surface area contributed by atoms with Crippen molar-refractivity contribution in [2.75, 3.05) is 6.29 Å². The predicted octanol–water partition coefficient (Wildman–Crippen LogP) is 2.88. The van der Waals surface area contributed by atoms with Gasteiger partial charge in [0.25, 0.3) is 0 Å². The molecule has 0 bridgehead atoms. The summed E-state index contributed by atoms with van der Waals surface area (Å²) in [5.41, 5.74) is 0. The third-order valence-electron chi connectivity index (χ3n) is 6.00. The van der Waals surface area contributed by atoms with Crippen molar-refractivity contribution < 1.29 is 33.5 Å². The molecule has 0 aromatic heterocycles. The van der Waals surface area contributed by atoms with Crippen molar-refractivity contribution in [1.82, 2.24) is 5.32 Å². The van der Waals surface area contributed by atoms with Crippen LogP contribution in [-0.4, -0.2) is 12.4 Å². The molecule has 0 saturated heterocycles. The lowest BCUT2D eigenvalue weighted by atomic mass is 10.1. The van der Waals surface area contributed by atoms with Crippen molar-refractivity contribution in [2.24, 2.45) is 0 Å². The Labute approximate surface area is 223 Å². The van der Waals surface area contributed by atoms with Gasteiger partial charge < -0.3 is 28.7 Å². The maximum absolute atomic E-state index is 13.1. The van der Waals surface area contributed by atoms with Crippen LogP contribution >= 0.6 is 7.26 Å². The van der Waals surface area contributed by atoms with Gasteiger partial charge in [-0.2, -0.15) is 0 Å². The quantitative estimate of drug-likeness (QED) is 0.245. The minimum Gasteiger partial charge on any atom is -1.00 e. The van der Waals surface area contributed by atoms with Gasteiger partial charge in [0.05, 0.1) is 0 Å². The molecule has 3 nitrogen and oxygen atoms in total. The number of halogens is 1. The molecule has 5 rings (SSSR count). The normalized spacial score (nSPS) is 10.9. The van der Waals surface area contributed by atoms with Crippen LogP contribution in [0.15, 0.2) is 133 Å². The third kappa shape index (κ3) is 5.24. The summed E-state index contributed by atoms with van der Waals surface area (Å²) in [7, 11) is -2.17. The van der Waals surface area contributed by atoms with Gasteiger partial charge in [0, 0.05) is 5.39 Å². The van der Waals surface area contributed by atoms with Crippen LogP contribution in [0.3, 0.4) is 0 Å². The Morgan fingerprint density at radius 1 is 0.600 bits per heavy atom. The molecular formula is C30H25INO2P. The molecule has 5 heteroatoms. The number of rotatable bonds is 6. The number of benzene rings is 5. The molecule has 174 valence electrons. The second kappa shape index (κ2) is 11.5. The predicted molar refractivity (Wildman–Crippen MR) is 143 cm³/mol. The van der Waals surface area contributed by atoms with E-state index in [-0.39, 0.29) is 24.0 Å². The van der Waals surface area contributed by atoms with E-state index in [9.17, 15) is 4.79 Å². The number of fused-ring (bicyclic) bond motifs is 1. The van der Waals surface area contributed by atoms with E-state index in [1.165, 1.54) is 15.9 Å². The number of amides is 1. The van der Waals surface area contributed by atoms with E-state index >= 15 is 0 Å². The molecule has 0 aliphatic rings. The van der Waals surface area contributed by atoms with E-state index in [4.69, 9.17) is 4.74 Å². The zero-order chi connectivity index (χ0) is 23.2. The van der Waals surface area contributed by atoms with Crippen molar-refractivity contribution in [1.29, 1.82) is 0 Å². The molecule has 0 atom stereocenters.